The predicted molar refractivity (Wildman–Crippen MR) is 62.8 cm³/mol. The standard InChI is InChI=1S/C10H13BrN4O/c1-2-5-15-7(6-13-14-15)10(12)8-3-4-9(11)16-8/h3-4,6,10H,2,5,12H2,1H3. The van der Waals surface area contributed by atoms with Crippen molar-refractivity contribution in [2.24, 2.45) is 5.73 Å². The van der Waals surface area contributed by atoms with Crippen molar-refractivity contribution < 1.29 is 4.42 Å². The van der Waals surface area contributed by atoms with E-state index in [4.69, 9.17) is 10.2 Å². The van der Waals surface area contributed by atoms with Gasteiger partial charge < -0.3 is 10.2 Å². The minimum Gasteiger partial charge on any atom is -0.452 e. The molecule has 5 nitrogen and oxygen atoms in total. The molecule has 2 aromatic rings. The quantitative estimate of drug-likeness (QED) is 0.933. The third kappa shape index (κ3) is 2.17. The molecule has 0 aliphatic rings. The van der Waals surface area contributed by atoms with Crippen LogP contribution >= 0.6 is 15.9 Å². The Morgan fingerprint density at radius 2 is 2.38 bits per heavy atom. The summed E-state index contributed by atoms with van der Waals surface area (Å²) in [6.45, 7) is 2.89. The smallest absolute Gasteiger partial charge is 0.169 e. The average Bonchev–Trinajstić information content (AvgIpc) is 2.87. The van der Waals surface area contributed by atoms with E-state index >= 15 is 0 Å². The number of aryl methyl sites for hydroxylation is 1. The number of aromatic nitrogens is 3. The van der Waals surface area contributed by atoms with Gasteiger partial charge in [-0.05, 0) is 34.5 Å². The van der Waals surface area contributed by atoms with Crippen LogP contribution in [0.1, 0.15) is 30.8 Å². The van der Waals surface area contributed by atoms with Gasteiger partial charge in [-0.25, -0.2) is 4.68 Å². The first-order valence-electron chi connectivity index (χ1n) is 5.11. The van der Waals surface area contributed by atoms with Gasteiger partial charge in [0.05, 0.1) is 11.9 Å². The number of hydrogen-bond donors (Lipinski definition) is 1. The van der Waals surface area contributed by atoms with Crippen molar-refractivity contribution >= 4 is 15.9 Å². The van der Waals surface area contributed by atoms with E-state index in [0.29, 0.717) is 10.4 Å². The molecular formula is C10H13BrN4O. The lowest BCUT2D eigenvalue weighted by Gasteiger charge is -2.10. The fourth-order valence-electron chi connectivity index (χ4n) is 1.53. The zero-order valence-corrected chi connectivity index (χ0v) is 10.5. The van der Waals surface area contributed by atoms with E-state index in [-0.39, 0.29) is 6.04 Å². The first kappa shape index (κ1) is 11.3. The van der Waals surface area contributed by atoms with Gasteiger partial charge in [-0.3, -0.25) is 0 Å². The maximum absolute atomic E-state index is 6.09. The summed E-state index contributed by atoms with van der Waals surface area (Å²) in [6.07, 6.45) is 2.67. The van der Waals surface area contributed by atoms with Crippen LogP contribution in [0.3, 0.4) is 0 Å². The van der Waals surface area contributed by atoms with Gasteiger partial charge in [0.25, 0.3) is 0 Å². The Labute approximate surface area is 102 Å². The molecule has 0 aromatic carbocycles. The molecule has 0 saturated heterocycles. The molecule has 0 bridgehead atoms. The Morgan fingerprint density at radius 1 is 1.56 bits per heavy atom. The normalized spacial score (nSPS) is 12.9. The monoisotopic (exact) mass is 284 g/mol. The van der Waals surface area contributed by atoms with Gasteiger partial charge in [0.2, 0.25) is 0 Å². The lowest BCUT2D eigenvalue weighted by molar-refractivity contribution is 0.452. The zero-order chi connectivity index (χ0) is 11.5. The van der Waals surface area contributed by atoms with Crippen LogP contribution in [0.5, 0.6) is 0 Å². The molecule has 6 heteroatoms. The molecule has 2 rings (SSSR count). The average molecular weight is 285 g/mol. The van der Waals surface area contributed by atoms with E-state index in [1.54, 1.807) is 10.9 Å². The van der Waals surface area contributed by atoms with Crippen molar-refractivity contribution in [1.82, 2.24) is 15.0 Å². The summed E-state index contributed by atoms with van der Waals surface area (Å²) in [4.78, 5) is 0. The molecule has 2 heterocycles. The summed E-state index contributed by atoms with van der Waals surface area (Å²) in [5, 5.41) is 7.87. The van der Waals surface area contributed by atoms with Gasteiger partial charge in [-0.15, -0.1) is 5.10 Å². The van der Waals surface area contributed by atoms with Crippen LogP contribution in [-0.2, 0) is 6.54 Å². The summed E-state index contributed by atoms with van der Waals surface area (Å²) in [5.74, 6) is 0.700. The van der Waals surface area contributed by atoms with Crippen LogP contribution in [0.2, 0.25) is 0 Å². The summed E-state index contributed by atoms with van der Waals surface area (Å²) in [6, 6.07) is 3.34. The van der Waals surface area contributed by atoms with Crippen molar-refractivity contribution in [1.29, 1.82) is 0 Å². The fourth-order valence-corrected chi connectivity index (χ4v) is 1.85. The first-order valence-corrected chi connectivity index (χ1v) is 5.91. The van der Waals surface area contributed by atoms with Crippen LogP contribution in [0.4, 0.5) is 0 Å². The predicted octanol–water partition coefficient (Wildman–Crippen LogP) is 2.09. The number of nitrogens with zero attached hydrogens (tertiary/aromatic N) is 3. The van der Waals surface area contributed by atoms with E-state index in [9.17, 15) is 0 Å². The number of hydrogen-bond acceptors (Lipinski definition) is 4. The Hall–Kier alpha value is -1.14. The van der Waals surface area contributed by atoms with Crippen molar-refractivity contribution in [3.8, 4) is 0 Å². The second-order valence-corrected chi connectivity index (χ2v) is 4.28. The molecule has 0 radical (unpaired) electrons. The van der Waals surface area contributed by atoms with Crippen LogP contribution in [-0.4, -0.2) is 15.0 Å². The minimum atomic E-state index is -0.326. The van der Waals surface area contributed by atoms with Gasteiger partial charge in [0.15, 0.2) is 4.67 Å². The highest BCUT2D eigenvalue weighted by molar-refractivity contribution is 9.10. The van der Waals surface area contributed by atoms with Crippen LogP contribution < -0.4 is 5.73 Å². The molecule has 0 aliphatic carbocycles. The van der Waals surface area contributed by atoms with Crippen molar-refractivity contribution in [3.05, 3.63) is 34.5 Å². The molecule has 16 heavy (non-hydrogen) atoms. The summed E-state index contributed by atoms with van der Waals surface area (Å²) < 4.78 is 7.91. The number of halogens is 1. The topological polar surface area (TPSA) is 69.9 Å². The minimum absolute atomic E-state index is 0.326. The largest absolute Gasteiger partial charge is 0.452 e. The third-order valence-electron chi connectivity index (χ3n) is 2.30. The van der Waals surface area contributed by atoms with Gasteiger partial charge >= 0.3 is 0 Å². The molecule has 1 atom stereocenters. The number of nitrogens with two attached hydrogens (primary N) is 1. The summed E-state index contributed by atoms with van der Waals surface area (Å²) in [7, 11) is 0. The molecule has 2 aromatic heterocycles. The fraction of sp³-hybridized carbons (Fsp3) is 0.400. The van der Waals surface area contributed by atoms with Crippen LogP contribution in [0.25, 0.3) is 0 Å². The van der Waals surface area contributed by atoms with Crippen molar-refractivity contribution in [3.63, 3.8) is 0 Å². The SMILES string of the molecule is CCCn1nncc1C(N)c1ccc(Br)o1. The lowest BCUT2D eigenvalue weighted by atomic mass is 10.2. The summed E-state index contributed by atoms with van der Waals surface area (Å²) >= 11 is 3.25. The molecule has 0 amide bonds. The van der Waals surface area contributed by atoms with Gasteiger partial charge in [-0.2, -0.15) is 0 Å². The zero-order valence-electron chi connectivity index (χ0n) is 8.93. The molecule has 0 fully saturated rings. The van der Waals surface area contributed by atoms with Gasteiger partial charge in [0, 0.05) is 6.54 Å². The molecule has 0 spiro atoms. The molecule has 2 N–H and O–H groups in total. The number of furan rings is 1. The van der Waals surface area contributed by atoms with E-state index in [0.717, 1.165) is 18.7 Å². The van der Waals surface area contributed by atoms with Crippen LogP contribution in [0.15, 0.2) is 27.4 Å². The Bertz CT molecular complexity index is 465. The number of rotatable bonds is 4. The molecule has 1 unspecified atom stereocenters. The van der Waals surface area contributed by atoms with Crippen molar-refractivity contribution in [2.75, 3.05) is 0 Å². The Morgan fingerprint density at radius 3 is 3.00 bits per heavy atom. The molecule has 0 aliphatic heterocycles. The Balaban J connectivity index is 2.26. The highest BCUT2D eigenvalue weighted by Gasteiger charge is 2.17. The molecule has 86 valence electrons. The highest BCUT2D eigenvalue weighted by atomic mass is 79.9. The molecular weight excluding hydrogens is 272 g/mol. The maximum atomic E-state index is 6.09. The highest BCUT2D eigenvalue weighted by Crippen LogP contribution is 2.23. The van der Waals surface area contributed by atoms with E-state index in [1.807, 2.05) is 12.1 Å². The van der Waals surface area contributed by atoms with Crippen LogP contribution in [0, 0.1) is 0 Å². The van der Waals surface area contributed by atoms with E-state index in [2.05, 4.69) is 33.2 Å². The third-order valence-corrected chi connectivity index (χ3v) is 2.73. The van der Waals surface area contributed by atoms with Crippen molar-refractivity contribution in [2.45, 2.75) is 25.9 Å². The second-order valence-electron chi connectivity index (χ2n) is 3.50. The summed E-state index contributed by atoms with van der Waals surface area (Å²) in [5.41, 5.74) is 6.95. The first-order chi connectivity index (χ1) is 7.72. The molecule has 0 saturated carbocycles. The second kappa shape index (κ2) is 4.80. The maximum Gasteiger partial charge on any atom is 0.169 e. The Kier molecular flexibility index (Phi) is 3.40. The lowest BCUT2D eigenvalue weighted by Crippen LogP contribution is -2.17. The van der Waals surface area contributed by atoms with E-state index < -0.39 is 0 Å². The van der Waals surface area contributed by atoms with Gasteiger partial charge in [-0.1, -0.05) is 12.1 Å². The van der Waals surface area contributed by atoms with Gasteiger partial charge in [0.1, 0.15) is 11.8 Å². The van der Waals surface area contributed by atoms with E-state index in [1.165, 1.54) is 0 Å².